The Labute approximate surface area is 187 Å². The molecule has 0 aromatic heterocycles. The van der Waals surface area contributed by atoms with Crippen LogP contribution in [0.4, 0.5) is 4.79 Å². The van der Waals surface area contributed by atoms with Crippen LogP contribution in [0.3, 0.4) is 0 Å². The third kappa shape index (κ3) is 5.65. The van der Waals surface area contributed by atoms with Crippen molar-refractivity contribution in [3.8, 4) is 11.5 Å². The number of carbonyl (C=O) groups excluding carboxylic acids is 1. The van der Waals surface area contributed by atoms with Gasteiger partial charge >= 0.3 is 6.09 Å². The fourth-order valence-electron chi connectivity index (χ4n) is 5.11. The summed E-state index contributed by atoms with van der Waals surface area (Å²) in [6.07, 6.45) is 3.78. The molecule has 2 aliphatic rings. The first-order valence-corrected chi connectivity index (χ1v) is 11.8. The molecule has 4 atom stereocenters. The third-order valence-electron chi connectivity index (χ3n) is 6.95. The van der Waals surface area contributed by atoms with Gasteiger partial charge in [0, 0.05) is 25.2 Å². The van der Waals surface area contributed by atoms with Gasteiger partial charge in [-0.3, -0.25) is 4.90 Å². The van der Waals surface area contributed by atoms with Gasteiger partial charge in [0.15, 0.2) is 11.5 Å². The van der Waals surface area contributed by atoms with Gasteiger partial charge in [-0.1, -0.05) is 20.8 Å². The Morgan fingerprint density at radius 3 is 2.52 bits per heavy atom. The van der Waals surface area contributed by atoms with Gasteiger partial charge in [-0.25, -0.2) is 4.79 Å². The molecular weight excluding hydrogens is 392 g/mol. The van der Waals surface area contributed by atoms with Gasteiger partial charge in [-0.15, -0.1) is 0 Å². The number of nitrogens with one attached hydrogen (secondary N) is 1. The summed E-state index contributed by atoms with van der Waals surface area (Å²) < 4.78 is 16.8. The molecule has 1 saturated heterocycles. The summed E-state index contributed by atoms with van der Waals surface area (Å²) >= 11 is 0. The maximum absolute atomic E-state index is 12.2. The van der Waals surface area contributed by atoms with Crippen LogP contribution in [-0.4, -0.2) is 51.0 Å². The molecule has 0 spiro atoms. The molecule has 2 aliphatic heterocycles. The molecule has 174 valence electrons. The molecule has 0 aliphatic carbocycles. The second-order valence-corrected chi connectivity index (χ2v) is 9.60. The van der Waals surface area contributed by atoms with Crippen molar-refractivity contribution in [1.29, 1.82) is 0 Å². The summed E-state index contributed by atoms with van der Waals surface area (Å²) in [5.41, 5.74) is 2.68. The SMILES string of the molecule is CCC(C)NC(=O)OC[C@@H]1C[C@@H]2c3cc(OC)c(OC)cc3CCN2C[C@H]1CC(C)C. The molecule has 1 amide bonds. The predicted octanol–water partition coefficient (Wildman–Crippen LogP) is 4.81. The monoisotopic (exact) mass is 432 g/mol. The largest absolute Gasteiger partial charge is 0.493 e. The number of piperidine rings is 1. The molecule has 2 heterocycles. The highest BCUT2D eigenvalue weighted by Gasteiger charge is 2.40. The summed E-state index contributed by atoms with van der Waals surface area (Å²) in [6, 6.07) is 4.75. The fraction of sp³-hybridized carbons (Fsp3) is 0.720. The smallest absolute Gasteiger partial charge is 0.407 e. The molecule has 1 N–H and O–H groups in total. The topological polar surface area (TPSA) is 60.0 Å². The lowest BCUT2D eigenvalue weighted by Gasteiger charge is -2.47. The van der Waals surface area contributed by atoms with Gasteiger partial charge in [0.25, 0.3) is 0 Å². The van der Waals surface area contributed by atoms with E-state index in [9.17, 15) is 4.79 Å². The Bertz CT molecular complexity index is 751. The molecule has 0 radical (unpaired) electrons. The van der Waals surface area contributed by atoms with Crippen LogP contribution in [0.1, 0.15) is 64.1 Å². The minimum atomic E-state index is -0.296. The standard InChI is InChI=1S/C25H40N2O4/c1-7-17(4)26-25(28)31-15-20-11-22-21-13-24(30-6)23(29-5)12-18(21)8-9-27(22)14-19(20)10-16(2)3/h12-13,16-17,19-20,22H,7-11,14-15H2,1-6H3,(H,26,28)/t17?,19-,20+,22-/m1/s1. The number of carbonyl (C=O) groups is 1. The van der Waals surface area contributed by atoms with Crippen molar-refractivity contribution in [2.45, 2.75) is 65.5 Å². The van der Waals surface area contributed by atoms with Gasteiger partial charge < -0.3 is 19.5 Å². The molecule has 1 aromatic carbocycles. The summed E-state index contributed by atoms with van der Waals surface area (Å²) in [4.78, 5) is 14.9. The fourth-order valence-corrected chi connectivity index (χ4v) is 5.11. The van der Waals surface area contributed by atoms with Crippen molar-refractivity contribution in [1.82, 2.24) is 10.2 Å². The van der Waals surface area contributed by atoms with E-state index in [1.165, 1.54) is 11.1 Å². The van der Waals surface area contributed by atoms with Crippen molar-refractivity contribution < 1.29 is 19.0 Å². The molecule has 6 heteroatoms. The summed E-state index contributed by atoms with van der Waals surface area (Å²) in [6.45, 7) is 11.2. The molecule has 31 heavy (non-hydrogen) atoms. The number of hydrogen-bond acceptors (Lipinski definition) is 5. The van der Waals surface area contributed by atoms with Gasteiger partial charge in [0.05, 0.1) is 20.8 Å². The zero-order valence-corrected chi connectivity index (χ0v) is 20.1. The number of amides is 1. The molecule has 1 fully saturated rings. The minimum absolute atomic E-state index is 0.133. The number of alkyl carbamates (subject to hydrolysis) is 1. The van der Waals surface area contributed by atoms with E-state index in [1.807, 2.05) is 6.92 Å². The Balaban J connectivity index is 1.78. The molecule has 0 saturated carbocycles. The number of rotatable bonds is 8. The average Bonchev–Trinajstić information content (AvgIpc) is 2.75. The number of nitrogens with zero attached hydrogens (tertiary/aromatic N) is 1. The van der Waals surface area contributed by atoms with Gasteiger partial charge in [-0.05, 0) is 73.6 Å². The van der Waals surface area contributed by atoms with E-state index in [-0.39, 0.29) is 12.1 Å². The van der Waals surface area contributed by atoms with Gasteiger partial charge in [0.2, 0.25) is 0 Å². The van der Waals surface area contributed by atoms with E-state index in [1.54, 1.807) is 14.2 Å². The Hall–Kier alpha value is -1.95. The maximum atomic E-state index is 12.2. The van der Waals surface area contributed by atoms with Gasteiger partial charge in [0.1, 0.15) is 0 Å². The van der Waals surface area contributed by atoms with Crippen LogP contribution < -0.4 is 14.8 Å². The van der Waals surface area contributed by atoms with Crippen LogP contribution in [0.2, 0.25) is 0 Å². The summed E-state index contributed by atoms with van der Waals surface area (Å²) in [7, 11) is 3.38. The normalized spacial score (nSPS) is 24.2. The van der Waals surface area contributed by atoms with Crippen molar-refractivity contribution in [3.05, 3.63) is 23.3 Å². The Morgan fingerprint density at radius 2 is 1.87 bits per heavy atom. The summed E-state index contributed by atoms with van der Waals surface area (Å²) in [5, 5.41) is 2.92. The van der Waals surface area contributed by atoms with Gasteiger partial charge in [-0.2, -0.15) is 0 Å². The Morgan fingerprint density at radius 1 is 1.16 bits per heavy atom. The first kappa shape index (κ1) is 23.7. The zero-order chi connectivity index (χ0) is 22.5. The second-order valence-electron chi connectivity index (χ2n) is 9.60. The molecule has 6 nitrogen and oxygen atoms in total. The maximum Gasteiger partial charge on any atom is 0.407 e. The highest BCUT2D eigenvalue weighted by molar-refractivity contribution is 5.67. The van der Waals surface area contributed by atoms with Crippen molar-refractivity contribution in [3.63, 3.8) is 0 Å². The minimum Gasteiger partial charge on any atom is -0.493 e. The third-order valence-corrected chi connectivity index (χ3v) is 6.95. The molecule has 1 aromatic rings. The number of fused-ring (bicyclic) bond motifs is 3. The average molecular weight is 433 g/mol. The molecule has 0 bridgehead atoms. The lowest BCUT2D eigenvalue weighted by atomic mass is 9.74. The lowest BCUT2D eigenvalue weighted by molar-refractivity contribution is 0.0121. The van der Waals surface area contributed by atoms with E-state index in [4.69, 9.17) is 14.2 Å². The van der Waals surface area contributed by atoms with Crippen LogP contribution in [0.25, 0.3) is 0 Å². The van der Waals surface area contributed by atoms with Crippen LogP contribution >= 0.6 is 0 Å². The number of methoxy groups -OCH3 is 2. The van der Waals surface area contributed by atoms with Crippen molar-refractivity contribution in [2.24, 2.45) is 17.8 Å². The van der Waals surface area contributed by atoms with E-state index in [0.29, 0.717) is 30.4 Å². The van der Waals surface area contributed by atoms with E-state index in [2.05, 4.69) is 43.1 Å². The Kier molecular flexibility index (Phi) is 8.09. The van der Waals surface area contributed by atoms with Crippen LogP contribution in [-0.2, 0) is 11.2 Å². The highest BCUT2D eigenvalue weighted by Crippen LogP contribution is 2.45. The summed E-state index contributed by atoms with van der Waals surface area (Å²) in [5.74, 6) is 3.09. The quantitative estimate of drug-likeness (QED) is 0.639. The first-order valence-electron chi connectivity index (χ1n) is 11.8. The zero-order valence-electron chi connectivity index (χ0n) is 20.1. The van der Waals surface area contributed by atoms with Crippen molar-refractivity contribution in [2.75, 3.05) is 33.9 Å². The number of hydrogen-bond donors (Lipinski definition) is 1. The molecular formula is C25H40N2O4. The lowest BCUT2D eigenvalue weighted by Crippen LogP contribution is -2.47. The van der Waals surface area contributed by atoms with E-state index < -0.39 is 0 Å². The molecule has 3 rings (SSSR count). The van der Waals surface area contributed by atoms with E-state index in [0.717, 1.165) is 50.3 Å². The van der Waals surface area contributed by atoms with Crippen molar-refractivity contribution >= 4 is 6.09 Å². The predicted molar refractivity (Wildman–Crippen MR) is 123 cm³/mol. The van der Waals surface area contributed by atoms with E-state index >= 15 is 0 Å². The van der Waals surface area contributed by atoms with Crippen LogP contribution in [0.15, 0.2) is 12.1 Å². The molecule has 1 unspecified atom stereocenters. The number of ether oxygens (including phenoxy) is 3. The van der Waals surface area contributed by atoms with Crippen LogP contribution in [0.5, 0.6) is 11.5 Å². The highest BCUT2D eigenvalue weighted by atomic mass is 16.5. The first-order chi connectivity index (χ1) is 14.9. The van der Waals surface area contributed by atoms with Crippen LogP contribution in [0, 0.1) is 17.8 Å². The number of benzene rings is 1. The second kappa shape index (κ2) is 10.6.